The van der Waals surface area contributed by atoms with Gasteiger partial charge in [-0.15, -0.1) is 0 Å². The molecule has 22 heavy (non-hydrogen) atoms. The van der Waals surface area contributed by atoms with Crippen LogP contribution in [0.1, 0.15) is 40.9 Å². The van der Waals surface area contributed by atoms with Gasteiger partial charge in [-0.1, -0.05) is 12.1 Å². The number of benzene rings is 2. The normalized spacial score (nSPS) is 11.3. The van der Waals surface area contributed by atoms with Gasteiger partial charge >= 0.3 is 0 Å². The molecule has 0 fully saturated rings. The SMILES string of the molecule is Cc1cccc(OC(C)(C)C(=O)c2cc(C)c(N)cc2C)c1. The molecule has 0 unspecified atom stereocenters. The van der Waals surface area contributed by atoms with Crippen molar-refractivity contribution in [3.05, 3.63) is 58.7 Å². The van der Waals surface area contributed by atoms with Crippen molar-refractivity contribution in [2.45, 2.75) is 40.2 Å². The van der Waals surface area contributed by atoms with Gasteiger partial charge in [-0.25, -0.2) is 0 Å². The summed E-state index contributed by atoms with van der Waals surface area (Å²) in [4.78, 5) is 12.9. The van der Waals surface area contributed by atoms with E-state index in [1.807, 2.05) is 57.2 Å². The Labute approximate surface area is 132 Å². The lowest BCUT2D eigenvalue weighted by Gasteiger charge is -2.26. The van der Waals surface area contributed by atoms with Gasteiger partial charge in [0.15, 0.2) is 5.60 Å². The van der Waals surface area contributed by atoms with Crippen LogP contribution >= 0.6 is 0 Å². The zero-order chi connectivity index (χ0) is 16.5. The standard InChI is InChI=1S/C19H23NO2/c1-12-7-6-8-15(9-12)22-19(4,5)18(21)16-10-14(3)17(20)11-13(16)2/h6-11H,20H2,1-5H3. The summed E-state index contributed by atoms with van der Waals surface area (Å²) in [6.07, 6.45) is 0. The van der Waals surface area contributed by atoms with E-state index in [2.05, 4.69) is 0 Å². The molecule has 0 aliphatic rings. The molecule has 0 saturated carbocycles. The average Bonchev–Trinajstić information content (AvgIpc) is 2.41. The Hall–Kier alpha value is -2.29. The maximum atomic E-state index is 12.9. The molecule has 2 N–H and O–H groups in total. The van der Waals surface area contributed by atoms with Crippen LogP contribution in [-0.2, 0) is 0 Å². The molecule has 0 amide bonds. The molecule has 0 aromatic heterocycles. The van der Waals surface area contributed by atoms with Gasteiger partial charge in [0.1, 0.15) is 5.75 Å². The quantitative estimate of drug-likeness (QED) is 0.678. The largest absolute Gasteiger partial charge is 0.480 e. The van der Waals surface area contributed by atoms with Crippen LogP contribution < -0.4 is 10.5 Å². The molecule has 0 bridgehead atoms. The Bertz CT molecular complexity index is 717. The van der Waals surface area contributed by atoms with E-state index in [4.69, 9.17) is 10.5 Å². The van der Waals surface area contributed by atoms with Crippen molar-refractivity contribution in [1.82, 2.24) is 0 Å². The molecule has 0 radical (unpaired) electrons. The molecular weight excluding hydrogens is 274 g/mol. The number of hydrogen-bond acceptors (Lipinski definition) is 3. The highest BCUT2D eigenvalue weighted by Crippen LogP contribution is 2.26. The van der Waals surface area contributed by atoms with Crippen LogP contribution in [0.25, 0.3) is 0 Å². The number of hydrogen-bond donors (Lipinski definition) is 1. The molecule has 3 heteroatoms. The van der Waals surface area contributed by atoms with Crippen molar-refractivity contribution in [3.8, 4) is 5.75 Å². The molecule has 0 saturated heterocycles. The van der Waals surface area contributed by atoms with E-state index < -0.39 is 5.60 Å². The number of rotatable bonds is 4. The highest BCUT2D eigenvalue weighted by atomic mass is 16.5. The second-order valence-electron chi connectivity index (χ2n) is 6.28. The molecule has 116 valence electrons. The summed E-state index contributed by atoms with van der Waals surface area (Å²) in [6, 6.07) is 11.4. The highest BCUT2D eigenvalue weighted by molar-refractivity contribution is 6.03. The fraction of sp³-hybridized carbons (Fsp3) is 0.316. The van der Waals surface area contributed by atoms with Crippen LogP contribution in [0.2, 0.25) is 0 Å². The van der Waals surface area contributed by atoms with Crippen LogP contribution in [0.4, 0.5) is 5.69 Å². The first-order valence-corrected chi connectivity index (χ1v) is 7.38. The van der Waals surface area contributed by atoms with Crippen molar-refractivity contribution in [2.75, 3.05) is 5.73 Å². The van der Waals surface area contributed by atoms with E-state index in [0.29, 0.717) is 17.0 Å². The predicted octanol–water partition coefficient (Wildman–Crippen LogP) is 4.23. The van der Waals surface area contributed by atoms with Crippen molar-refractivity contribution < 1.29 is 9.53 Å². The summed E-state index contributed by atoms with van der Waals surface area (Å²) < 4.78 is 5.94. The number of carbonyl (C=O) groups excluding carboxylic acids is 1. The zero-order valence-electron chi connectivity index (χ0n) is 13.9. The third-order valence-electron chi connectivity index (χ3n) is 3.77. The van der Waals surface area contributed by atoms with Crippen LogP contribution in [0.15, 0.2) is 36.4 Å². The van der Waals surface area contributed by atoms with E-state index >= 15 is 0 Å². The number of Topliss-reactive ketones (excluding diaryl/α,β-unsaturated/α-hetero) is 1. The molecule has 0 spiro atoms. The summed E-state index contributed by atoms with van der Waals surface area (Å²) in [6.45, 7) is 9.38. The first-order chi connectivity index (χ1) is 10.2. The second-order valence-corrected chi connectivity index (χ2v) is 6.28. The maximum absolute atomic E-state index is 12.9. The average molecular weight is 297 g/mol. The second kappa shape index (κ2) is 5.84. The molecule has 0 aliphatic carbocycles. The Morgan fingerprint density at radius 2 is 1.73 bits per heavy atom. The lowest BCUT2D eigenvalue weighted by molar-refractivity contribution is 0.0583. The smallest absolute Gasteiger partial charge is 0.206 e. The van der Waals surface area contributed by atoms with Gasteiger partial charge in [-0.2, -0.15) is 0 Å². The highest BCUT2D eigenvalue weighted by Gasteiger charge is 2.32. The molecule has 0 aliphatic heterocycles. The third kappa shape index (κ3) is 3.30. The van der Waals surface area contributed by atoms with E-state index in [9.17, 15) is 4.79 Å². The number of aryl methyl sites for hydroxylation is 3. The summed E-state index contributed by atoms with van der Waals surface area (Å²) in [5, 5.41) is 0. The molecule has 2 aromatic rings. The van der Waals surface area contributed by atoms with Gasteiger partial charge < -0.3 is 10.5 Å². The molecular formula is C19H23NO2. The Morgan fingerprint density at radius 3 is 2.36 bits per heavy atom. The van der Waals surface area contributed by atoms with Crippen molar-refractivity contribution >= 4 is 11.5 Å². The summed E-state index contributed by atoms with van der Waals surface area (Å²) >= 11 is 0. The molecule has 0 heterocycles. The number of ether oxygens (including phenoxy) is 1. The molecule has 0 atom stereocenters. The van der Waals surface area contributed by atoms with Crippen molar-refractivity contribution in [1.29, 1.82) is 0 Å². The third-order valence-corrected chi connectivity index (χ3v) is 3.77. The van der Waals surface area contributed by atoms with Gasteiger partial charge in [-0.3, -0.25) is 4.79 Å². The summed E-state index contributed by atoms with van der Waals surface area (Å²) in [5.74, 6) is 0.651. The minimum atomic E-state index is -0.943. The first-order valence-electron chi connectivity index (χ1n) is 7.38. The van der Waals surface area contributed by atoms with Crippen molar-refractivity contribution in [3.63, 3.8) is 0 Å². The fourth-order valence-electron chi connectivity index (χ4n) is 2.43. The van der Waals surface area contributed by atoms with Gasteiger partial charge in [0.05, 0.1) is 0 Å². The van der Waals surface area contributed by atoms with E-state index in [0.717, 1.165) is 16.7 Å². The van der Waals surface area contributed by atoms with Gasteiger partial charge in [0, 0.05) is 11.3 Å². The summed E-state index contributed by atoms with van der Waals surface area (Å²) in [7, 11) is 0. The number of anilines is 1. The number of nitrogen functional groups attached to an aromatic ring is 1. The molecule has 2 aromatic carbocycles. The van der Waals surface area contributed by atoms with Gasteiger partial charge in [-0.05, 0) is 75.6 Å². The van der Waals surface area contributed by atoms with Crippen LogP contribution in [0.5, 0.6) is 5.75 Å². The van der Waals surface area contributed by atoms with E-state index in [1.54, 1.807) is 13.8 Å². The topological polar surface area (TPSA) is 52.3 Å². The first kappa shape index (κ1) is 16.1. The monoisotopic (exact) mass is 297 g/mol. The lowest BCUT2D eigenvalue weighted by Crippen LogP contribution is -2.38. The van der Waals surface area contributed by atoms with Gasteiger partial charge in [0.25, 0.3) is 0 Å². The summed E-state index contributed by atoms with van der Waals surface area (Å²) in [5.41, 5.74) is 9.18. The Morgan fingerprint density at radius 1 is 1.05 bits per heavy atom. The number of ketones is 1. The van der Waals surface area contributed by atoms with Crippen molar-refractivity contribution in [2.24, 2.45) is 0 Å². The minimum Gasteiger partial charge on any atom is -0.480 e. The van der Waals surface area contributed by atoms with Crippen LogP contribution in [-0.4, -0.2) is 11.4 Å². The molecule has 3 nitrogen and oxygen atoms in total. The van der Waals surface area contributed by atoms with Crippen LogP contribution in [0.3, 0.4) is 0 Å². The Kier molecular flexibility index (Phi) is 4.27. The van der Waals surface area contributed by atoms with E-state index in [1.165, 1.54) is 0 Å². The number of nitrogens with two attached hydrogens (primary N) is 1. The maximum Gasteiger partial charge on any atom is 0.206 e. The fourth-order valence-corrected chi connectivity index (χ4v) is 2.43. The Balaban J connectivity index is 2.33. The lowest BCUT2D eigenvalue weighted by atomic mass is 9.91. The van der Waals surface area contributed by atoms with E-state index in [-0.39, 0.29) is 5.78 Å². The van der Waals surface area contributed by atoms with Gasteiger partial charge in [0.2, 0.25) is 5.78 Å². The number of carbonyl (C=O) groups is 1. The van der Waals surface area contributed by atoms with Crippen LogP contribution in [0, 0.1) is 20.8 Å². The minimum absolute atomic E-state index is 0.0467. The molecule has 2 rings (SSSR count). The predicted molar refractivity (Wildman–Crippen MR) is 90.5 cm³/mol. The zero-order valence-corrected chi connectivity index (χ0v) is 13.9.